The van der Waals surface area contributed by atoms with Crippen molar-refractivity contribution >= 4 is 35.8 Å². The standard InChI is InChI=1S/C14H20N4O2.HI/c15-13(18-12-5-1-4-8-16-12)17-9-11-10-19-14(20-11)6-2-3-7-14;/h1,4-5,8,11H,2-3,6-7,9-10H2,(H3,15,16,17,18);1H. The monoisotopic (exact) mass is 404 g/mol. The summed E-state index contributed by atoms with van der Waals surface area (Å²) in [6.45, 7) is 1.10. The minimum absolute atomic E-state index is 0. The average Bonchev–Trinajstić information content (AvgIpc) is 3.08. The Morgan fingerprint density at radius 3 is 2.95 bits per heavy atom. The molecule has 1 saturated heterocycles. The number of aliphatic imine (C=N–C) groups is 1. The summed E-state index contributed by atoms with van der Waals surface area (Å²) in [6.07, 6.45) is 6.05. The van der Waals surface area contributed by atoms with Crippen LogP contribution < -0.4 is 11.1 Å². The summed E-state index contributed by atoms with van der Waals surface area (Å²) in [4.78, 5) is 8.42. The highest BCUT2D eigenvalue weighted by atomic mass is 127. The normalized spacial score (nSPS) is 24.0. The lowest BCUT2D eigenvalue weighted by Crippen LogP contribution is -2.28. The Balaban J connectivity index is 0.00000161. The summed E-state index contributed by atoms with van der Waals surface area (Å²) in [6, 6.07) is 5.58. The molecule has 2 aliphatic rings. The van der Waals surface area contributed by atoms with Crippen LogP contribution in [-0.4, -0.2) is 36.0 Å². The first-order valence-corrected chi connectivity index (χ1v) is 7.06. The van der Waals surface area contributed by atoms with Gasteiger partial charge in [-0.25, -0.2) is 4.98 Å². The summed E-state index contributed by atoms with van der Waals surface area (Å²) >= 11 is 0. The fourth-order valence-electron chi connectivity index (χ4n) is 2.69. The molecule has 2 heterocycles. The van der Waals surface area contributed by atoms with Crippen molar-refractivity contribution in [2.24, 2.45) is 10.7 Å². The maximum Gasteiger partial charge on any atom is 0.194 e. The van der Waals surface area contributed by atoms with E-state index in [1.54, 1.807) is 6.20 Å². The van der Waals surface area contributed by atoms with E-state index in [0.717, 1.165) is 12.8 Å². The van der Waals surface area contributed by atoms with Gasteiger partial charge in [0.2, 0.25) is 0 Å². The quantitative estimate of drug-likeness (QED) is 0.458. The van der Waals surface area contributed by atoms with Crippen LogP contribution in [0.1, 0.15) is 25.7 Å². The third kappa shape index (κ3) is 4.27. The number of ether oxygens (including phenoxy) is 2. The Morgan fingerprint density at radius 2 is 2.24 bits per heavy atom. The van der Waals surface area contributed by atoms with E-state index >= 15 is 0 Å². The van der Waals surface area contributed by atoms with Crippen LogP contribution in [0.15, 0.2) is 29.4 Å². The predicted octanol–water partition coefficient (Wildman–Crippen LogP) is 2.11. The molecule has 1 atom stereocenters. The second-order valence-corrected chi connectivity index (χ2v) is 5.23. The molecule has 0 bridgehead atoms. The Labute approximate surface area is 141 Å². The van der Waals surface area contributed by atoms with Crippen molar-refractivity contribution in [3.05, 3.63) is 24.4 Å². The van der Waals surface area contributed by atoms with Gasteiger partial charge >= 0.3 is 0 Å². The van der Waals surface area contributed by atoms with Crippen LogP contribution in [0.3, 0.4) is 0 Å². The number of nitrogens with two attached hydrogens (primary N) is 1. The molecule has 1 unspecified atom stereocenters. The fraction of sp³-hybridized carbons (Fsp3) is 0.571. The lowest BCUT2D eigenvalue weighted by Gasteiger charge is -2.21. The van der Waals surface area contributed by atoms with Gasteiger partial charge < -0.3 is 20.5 Å². The van der Waals surface area contributed by atoms with Crippen molar-refractivity contribution in [3.63, 3.8) is 0 Å². The van der Waals surface area contributed by atoms with Crippen molar-refractivity contribution in [2.45, 2.75) is 37.6 Å². The average molecular weight is 404 g/mol. The van der Waals surface area contributed by atoms with Crippen LogP contribution >= 0.6 is 24.0 Å². The van der Waals surface area contributed by atoms with Crippen molar-refractivity contribution in [1.29, 1.82) is 0 Å². The minimum atomic E-state index is -0.330. The lowest BCUT2D eigenvalue weighted by molar-refractivity contribution is -0.160. The molecule has 1 aromatic rings. The maximum absolute atomic E-state index is 5.98. The van der Waals surface area contributed by atoms with Gasteiger partial charge in [0.1, 0.15) is 11.9 Å². The zero-order chi connectivity index (χ0) is 13.8. The number of nitrogens with one attached hydrogen (secondary N) is 1. The van der Waals surface area contributed by atoms with Crippen LogP contribution in [0, 0.1) is 0 Å². The molecule has 2 fully saturated rings. The second kappa shape index (κ2) is 7.37. The van der Waals surface area contributed by atoms with Crippen LogP contribution in [0.5, 0.6) is 0 Å². The number of nitrogens with zero attached hydrogens (tertiary/aromatic N) is 2. The van der Waals surface area contributed by atoms with E-state index in [2.05, 4.69) is 15.3 Å². The van der Waals surface area contributed by atoms with E-state index in [0.29, 0.717) is 24.9 Å². The summed E-state index contributed by atoms with van der Waals surface area (Å²) in [7, 11) is 0. The van der Waals surface area contributed by atoms with E-state index in [9.17, 15) is 0 Å². The van der Waals surface area contributed by atoms with E-state index in [1.807, 2.05) is 18.2 Å². The number of aromatic nitrogens is 1. The van der Waals surface area contributed by atoms with Crippen molar-refractivity contribution < 1.29 is 9.47 Å². The van der Waals surface area contributed by atoms with Gasteiger partial charge in [-0.05, 0) is 25.0 Å². The molecule has 3 N–H and O–H groups in total. The number of anilines is 1. The largest absolute Gasteiger partial charge is 0.370 e. The van der Waals surface area contributed by atoms with Gasteiger partial charge in [0.05, 0.1) is 13.2 Å². The maximum atomic E-state index is 5.98. The molecule has 1 aromatic heterocycles. The molecule has 1 aliphatic heterocycles. The fourth-order valence-corrected chi connectivity index (χ4v) is 2.69. The molecule has 21 heavy (non-hydrogen) atoms. The molecule has 7 heteroatoms. The molecular formula is C14H21IN4O2. The van der Waals surface area contributed by atoms with E-state index in [1.165, 1.54) is 12.8 Å². The minimum Gasteiger partial charge on any atom is -0.370 e. The Morgan fingerprint density at radius 1 is 1.43 bits per heavy atom. The van der Waals surface area contributed by atoms with Gasteiger partial charge in [0, 0.05) is 19.0 Å². The SMILES string of the molecule is I.NC(=NCC1COC2(CCCC2)O1)Nc1ccccn1. The third-order valence-electron chi connectivity index (χ3n) is 3.67. The highest BCUT2D eigenvalue weighted by molar-refractivity contribution is 14.0. The second-order valence-electron chi connectivity index (χ2n) is 5.23. The topological polar surface area (TPSA) is 81.8 Å². The molecule has 3 rings (SSSR count). The Bertz CT molecular complexity index is 477. The summed E-state index contributed by atoms with van der Waals surface area (Å²) in [5, 5.41) is 2.95. The van der Waals surface area contributed by atoms with Crippen molar-refractivity contribution in [3.8, 4) is 0 Å². The van der Waals surface area contributed by atoms with Gasteiger partial charge in [-0.3, -0.25) is 4.99 Å². The van der Waals surface area contributed by atoms with Gasteiger partial charge in [-0.15, -0.1) is 24.0 Å². The van der Waals surface area contributed by atoms with Gasteiger partial charge in [0.15, 0.2) is 11.7 Å². The van der Waals surface area contributed by atoms with Crippen LogP contribution in [0.4, 0.5) is 5.82 Å². The van der Waals surface area contributed by atoms with Gasteiger partial charge in [-0.1, -0.05) is 6.07 Å². The van der Waals surface area contributed by atoms with Gasteiger partial charge in [0.25, 0.3) is 0 Å². The summed E-state index contributed by atoms with van der Waals surface area (Å²) < 4.78 is 11.8. The molecule has 116 valence electrons. The number of guanidine groups is 1. The smallest absolute Gasteiger partial charge is 0.194 e. The molecule has 0 radical (unpaired) electrons. The van der Waals surface area contributed by atoms with E-state index in [4.69, 9.17) is 15.2 Å². The first kappa shape index (κ1) is 16.4. The van der Waals surface area contributed by atoms with Crippen molar-refractivity contribution in [1.82, 2.24) is 4.98 Å². The Kier molecular flexibility index (Phi) is 5.77. The zero-order valence-electron chi connectivity index (χ0n) is 11.8. The van der Waals surface area contributed by atoms with Crippen molar-refractivity contribution in [2.75, 3.05) is 18.5 Å². The lowest BCUT2D eigenvalue weighted by atomic mass is 10.2. The van der Waals surface area contributed by atoms with Gasteiger partial charge in [-0.2, -0.15) is 0 Å². The molecule has 0 aromatic carbocycles. The first-order chi connectivity index (χ1) is 9.76. The zero-order valence-corrected chi connectivity index (χ0v) is 14.2. The summed E-state index contributed by atoms with van der Waals surface area (Å²) in [5.74, 6) is 0.702. The first-order valence-electron chi connectivity index (χ1n) is 7.06. The molecule has 1 aliphatic carbocycles. The Hall–Kier alpha value is -0.930. The molecule has 0 amide bonds. The van der Waals surface area contributed by atoms with Crippen LogP contribution in [0.25, 0.3) is 0 Å². The number of pyridine rings is 1. The number of hydrogen-bond acceptors (Lipinski definition) is 4. The highest BCUT2D eigenvalue weighted by Crippen LogP contribution is 2.39. The molecule has 6 nitrogen and oxygen atoms in total. The summed E-state index contributed by atoms with van der Waals surface area (Å²) in [5.41, 5.74) is 5.83. The third-order valence-corrected chi connectivity index (χ3v) is 3.67. The molecule has 1 spiro atoms. The van der Waals surface area contributed by atoms with Crippen LogP contribution in [0.2, 0.25) is 0 Å². The number of halogens is 1. The number of rotatable bonds is 3. The molecule has 1 saturated carbocycles. The predicted molar refractivity (Wildman–Crippen MR) is 91.8 cm³/mol. The van der Waals surface area contributed by atoms with E-state index < -0.39 is 0 Å². The van der Waals surface area contributed by atoms with E-state index in [-0.39, 0.29) is 35.9 Å². The number of hydrogen-bond donors (Lipinski definition) is 2. The molecular weight excluding hydrogens is 383 g/mol. The van der Waals surface area contributed by atoms with Crippen LogP contribution in [-0.2, 0) is 9.47 Å². The highest BCUT2D eigenvalue weighted by Gasteiger charge is 2.43.